The normalized spacial score (nSPS) is 10.1. The molecule has 0 unspecified atom stereocenters. The number of nitro groups is 1. The zero-order chi connectivity index (χ0) is 15.4. The lowest BCUT2D eigenvalue weighted by Gasteiger charge is -2.10. The number of benzene rings is 2. The highest BCUT2D eigenvalue weighted by Gasteiger charge is 2.15. The van der Waals surface area contributed by atoms with Crippen molar-refractivity contribution in [2.75, 3.05) is 0 Å². The van der Waals surface area contributed by atoms with Crippen molar-refractivity contribution in [3.05, 3.63) is 69.3 Å². The minimum atomic E-state index is -1.08. The number of rotatable bonds is 5. The number of ether oxygens (including phenoxy) is 1. The molecular formula is C15H13NO5. The number of nitrogens with zero attached hydrogens (tertiary/aromatic N) is 1. The second-order valence-electron chi connectivity index (χ2n) is 4.41. The van der Waals surface area contributed by atoms with Gasteiger partial charge in [-0.15, -0.1) is 0 Å². The number of hydrogen-bond donors (Lipinski definition) is 1. The number of hydrogen-bond acceptors (Lipinski definition) is 4. The molecule has 0 spiro atoms. The molecule has 6 nitrogen and oxygen atoms in total. The van der Waals surface area contributed by atoms with E-state index in [-0.39, 0.29) is 23.6 Å². The van der Waals surface area contributed by atoms with Gasteiger partial charge in [-0.1, -0.05) is 24.3 Å². The molecule has 0 aromatic heterocycles. The summed E-state index contributed by atoms with van der Waals surface area (Å²) in [6, 6.07) is 11.0. The smallest absolute Gasteiger partial charge is 0.339 e. The summed E-state index contributed by atoms with van der Waals surface area (Å²) >= 11 is 0. The highest BCUT2D eigenvalue weighted by atomic mass is 16.6. The zero-order valence-corrected chi connectivity index (χ0v) is 11.3. The van der Waals surface area contributed by atoms with Crippen molar-refractivity contribution in [3.63, 3.8) is 0 Å². The van der Waals surface area contributed by atoms with Crippen LogP contribution in [0.2, 0.25) is 0 Å². The van der Waals surface area contributed by atoms with Crippen molar-refractivity contribution >= 4 is 11.7 Å². The fourth-order valence-corrected chi connectivity index (χ4v) is 1.95. The van der Waals surface area contributed by atoms with Crippen molar-refractivity contribution in [1.82, 2.24) is 0 Å². The average Bonchev–Trinajstić information content (AvgIpc) is 2.46. The Hall–Kier alpha value is -2.89. The van der Waals surface area contributed by atoms with Gasteiger partial charge in [0.05, 0.1) is 4.92 Å². The highest BCUT2D eigenvalue weighted by Crippen LogP contribution is 2.24. The molecule has 2 aromatic carbocycles. The molecule has 21 heavy (non-hydrogen) atoms. The Morgan fingerprint density at radius 1 is 1.24 bits per heavy atom. The van der Waals surface area contributed by atoms with Crippen molar-refractivity contribution in [2.45, 2.75) is 13.5 Å². The van der Waals surface area contributed by atoms with E-state index in [0.717, 1.165) is 0 Å². The van der Waals surface area contributed by atoms with Gasteiger partial charge in [0.25, 0.3) is 5.69 Å². The van der Waals surface area contributed by atoms with Crippen LogP contribution in [0.15, 0.2) is 42.5 Å². The van der Waals surface area contributed by atoms with Gasteiger partial charge in [0.15, 0.2) is 0 Å². The summed E-state index contributed by atoms with van der Waals surface area (Å²) in [7, 11) is 0. The molecule has 0 heterocycles. The van der Waals surface area contributed by atoms with Crippen LogP contribution in [-0.2, 0) is 6.61 Å². The van der Waals surface area contributed by atoms with Crippen LogP contribution >= 0.6 is 0 Å². The molecule has 0 aliphatic heterocycles. The van der Waals surface area contributed by atoms with Crippen molar-refractivity contribution in [1.29, 1.82) is 0 Å². The predicted octanol–water partition coefficient (Wildman–Crippen LogP) is 3.18. The summed E-state index contributed by atoms with van der Waals surface area (Å²) in [5.41, 5.74) is 1.22. The first-order chi connectivity index (χ1) is 10.0. The minimum absolute atomic E-state index is 0.0163. The van der Waals surface area contributed by atoms with Gasteiger partial charge in [-0.05, 0) is 24.6 Å². The highest BCUT2D eigenvalue weighted by molar-refractivity contribution is 5.90. The van der Waals surface area contributed by atoms with Gasteiger partial charge in [-0.25, -0.2) is 4.79 Å². The second kappa shape index (κ2) is 6.04. The Bertz CT molecular complexity index is 696. The first kappa shape index (κ1) is 14.5. The summed E-state index contributed by atoms with van der Waals surface area (Å²) in [6.45, 7) is 1.71. The molecule has 2 rings (SSSR count). The Morgan fingerprint density at radius 2 is 1.95 bits per heavy atom. The van der Waals surface area contributed by atoms with Crippen molar-refractivity contribution in [2.24, 2.45) is 0 Å². The third kappa shape index (κ3) is 3.17. The van der Waals surface area contributed by atoms with E-state index in [1.165, 1.54) is 12.1 Å². The quantitative estimate of drug-likeness (QED) is 0.673. The van der Waals surface area contributed by atoms with Crippen LogP contribution in [0.25, 0.3) is 0 Å². The fraction of sp³-hybridized carbons (Fsp3) is 0.133. The maximum Gasteiger partial charge on any atom is 0.339 e. The van der Waals surface area contributed by atoms with Gasteiger partial charge in [-0.2, -0.15) is 0 Å². The van der Waals surface area contributed by atoms with Gasteiger partial charge in [0, 0.05) is 11.6 Å². The van der Waals surface area contributed by atoms with Gasteiger partial charge in [-0.3, -0.25) is 10.1 Å². The van der Waals surface area contributed by atoms with E-state index >= 15 is 0 Å². The summed E-state index contributed by atoms with van der Waals surface area (Å²) in [4.78, 5) is 21.5. The molecular weight excluding hydrogens is 274 g/mol. The molecule has 108 valence electrons. The van der Waals surface area contributed by atoms with Crippen LogP contribution in [-0.4, -0.2) is 16.0 Å². The van der Waals surface area contributed by atoms with Crippen LogP contribution in [0, 0.1) is 17.0 Å². The van der Waals surface area contributed by atoms with Crippen molar-refractivity contribution in [3.8, 4) is 5.75 Å². The lowest BCUT2D eigenvalue weighted by Crippen LogP contribution is -2.05. The first-order valence-electron chi connectivity index (χ1n) is 6.18. The van der Waals surface area contributed by atoms with E-state index in [9.17, 15) is 14.9 Å². The molecule has 0 saturated carbocycles. The van der Waals surface area contributed by atoms with Gasteiger partial charge in [0.1, 0.15) is 17.9 Å². The van der Waals surface area contributed by atoms with E-state index in [1.807, 2.05) is 0 Å². The molecule has 0 aliphatic rings. The van der Waals surface area contributed by atoms with Crippen LogP contribution < -0.4 is 4.74 Å². The van der Waals surface area contributed by atoms with Crippen molar-refractivity contribution < 1.29 is 19.6 Å². The average molecular weight is 287 g/mol. The van der Waals surface area contributed by atoms with Crippen LogP contribution in [0.3, 0.4) is 0 Å². The Balaban J connectivity index is 2.23. The predicted molar refractivity (Wildman–Crippen MR) is 75.6 cm³/mol. The summed E-state index contributed by atoms with van der Waals surface area (Å²) < 4.78 is 5.50. The molecule has 0 atom stereocenters. The van der Waals surface area contributed by atoms with Gasteiger partial charge in [0.2, 0.25) is 0 Å². The fourth-order valence-electron chi connectivity index (χ4n) is 1.95. The molecule has 0 amide bonds. The topological polar surface area (TPSA) is 89.7 Å². The number of carboxylic acid groups (broad SMARTS) is 1. The standard InChI is InChI=1S/C15H13NO5/c1-10-11(5-4-7-13(10)16(19)20)9-21-14-8-3-2-6-12(14)15(17)18/h2-8H,9H2,1H3,(H,17,18). The molecule has 0 fully saturated rings. The summed E-state index contributed by atoms with van der Waals surface area (Å²) in [5.74, 6) is -0.850. The van der Waals surface area contributed by atoms with E-state index < -0.39 is 10.9 Å². The van der Waals surface area contributed by atoms with Crippen LogP contribution in [0.5, 0.6) is 5.75 Å². The number of carbonyl (C=O) groups is 1. The van der Waals surface area contributed by atoms with E-state index in [2.05, 4.69) is 0 Å². The summed E-state index contributed by atoms with van der Waals surface area (Å²) in [5, 5.41) is 19.9. The molecule has 6 heteroatoms. The van der Waals surface area contributed by atoms with Gasteiger partial charge < -0.3 is 9.84 Å². The maximum absolute atomic E-state index is 11.1. The molecule has 0 aliphatic carbocycles. The third-order valence-corrected chi connectivity index (χ3v) is 3.11. The monoisotopic (exact) mass is 287 g/mol. The molecule has 0 saturated heterocycles. The molecule has 0 radical (unpaired) electrons. The maximum atomic E-state index is 11.1. The number of carboxylic acids is 1. The van der Waals surface area contributed by atoms with Gasteiger partial charge >= 0.3 is 5.97 Å². The number of para-hydroxylation sites is 1. The zero-order valence-electron chi connectivity index (χ0n) is 11.3. The Morgan fingerprint density at radius 3 is 2.62 bits per heavy atom. The number of nitro benzene ring substituents is 1. The summed E-state index contributed by atoms with van der Waals surface area (Å²) in [6.07, 6.45) is 0. The lowest BCUT2D eigenvalue weighted by atomic mass is 10.1. The van der Waals surface area contributed by atoms with E-state index in [0.29, 0.717) is 11.1 Å². The first-order valence-corrected chi connectivity index (χ1v) is 6.18. The van der Waals surface area contributed by atoms with E-state index in [4.69, 9.17) is 9.84 Å². The Labute approximate surface area is 120 Å². The Kier molecular flexibility index (Phi) is 4.18. The minimum Gasteiger partial charge on any atom is -0.488 e. The molecule has 0 bridgehead atoms. The SMILES string of the molecule is Cc1c(COc2ccccc2C(=O)O)cccc1[N+](=O)[O-]. The third-order valence-electron chi connectivity index (χ3n) is 3.11. The largest absolute Gasteiger partial charge is 0.488 e. The van der Waals surface area contributed by atoms with Crippen LogP contribution in [0.1, 0.15) is 21.5 Å². The number of aromatic carboxylic acids is 1. The lowest BCUT2D eigenvalue weighted by molar-refractivity contribution is -0.385. The molecule has 1 N–H and O–H groups in total. The van der Waals surface area contributed by atoms with E-state index in [1.54, 1.807) is 37.3 Å². The molecule has 2 aromatic rings. The second-order valence-corrected chi connectivity index (χ2v) is 4.41. The van der Waals surface area contributed by atoms with Crippen LogP contribution in [0.4, 0.5) is 5.69 Å².